The molecule has 262 valence electrons. The lowest BCUT2D eigenvalue weighted by Crippen LogP contribution is -2.25. The molecule has 10 aromatic carbocycles. The Morgan fingerprint density at radius 1 is 0.368 bits per heavy atom. The van der Waals surface area contributed by atoms with Crippen LogP contribution in [0.25, 0.3) is 104 Å². The Labute approximate surface area is 327 Å². The molecular formula is C55H31NO. The van der Waals surface area contributed by atoms with Gasteiger partial charge in [-0.2, -0.15) is 0 Å². The van der Waals surface area contributed by atoms with Crippen LogP contribution in [0.1, 0.15) is 22.3 Å². The van der Waals surface area contributed by atoms with Crippen molar-refractivity contribution in [1.82, 2.24) is 4.57 Å². The van der Waals surface area contributed by atoms with Crippen molar-refractivity contribution < 1.29 is 4.42 Å². The van der Waals surface area contributed by atoms with E-state index in [1.165, 1.54) is 98.6 Å². The molecule has 0 atom stereocenters. The Morgan fingerprint density at radius 2 is 0.947 bits per heavy atom. The van der Waals surface area contributed by atoms with Gasteiger partial charge in [0.25, 0.3) is 0 Å². The van der Waals surface area contributed by atoms with Gasteiger partial charge in [-0.3, -0.25) is 0 Å². The minimum Gasteiger partial charge on any atom is -0.455 e. The average Bonchev–Trinajstić information content (AvgIpc) is 4.00. The predicted molar refractivity (Wildman–Crippen MR) is 236 cm³/mol. The highest BCUT2D eigenvalue weighted by Gasteiger charge is 2.52. The van der Waals surface area contributed by atoms with Crippen LogP contribution in [0.4, 0.5) is 0 Å². The van der Waals surface area contributed by atoms with E-state index in [4.69, 9.17) is 4.42 Å². The van der Waals surface area contributed by atoms with Crippen molar-refractivity contribution in [2.75, 3.05) is 0 Å². The van der Waals surface area contributed by atoms with Gasteiger partial charge in [0.1, 0.15) is 11.2 Å². The highest BCUT2D eigenvalue weighted by atomic mass is 16.3. The molecule has 0 aliphatic heterocycles. The molecule has 0 bridgehead atoms. The molecule has 2 heteroatoms. The van der Waals surface area contributed by atoms with Crippen molar-refractivity contribution in [2.45, 2.75) is 5.41 Å². The maximum atomic E-state index is 6.76. The zero-order valence-corrected chi connectivity index (χ0v) is 30.8. The summed E-state index contributed by atoms with van der Waals surface area (Å²) in [7, 11) is 0. The van der Waals surface area contributed by atoms with E-state index in [9.17, 15) is 0 Å². The summed E-state index contributed by atoms with van der Waals surface area (Å²) < 4.78 is 9.27. The first-order valence-electron chi connectivity index (χ1n) is 19.9. The molecule has 14 rings (SSSR count). The second-order valence-corrected chi connectivity index (χ2v) is 15.9. The molecule has 0 amide bonds. The first kappa shape index (κ1) is 29.9. The van der Waals surface area contributed by atoms with Crippen LogP contribution in [0.15, 0.2) is 192 Å². The third-order valence-electron chi connectivity index (χ3n) is 13.4. The number of benzene rings is 10. The fourth-order valence-corrected chi connectivity index (χ4v) is 11.2. The molecule has 2 aliphatic rings. The molecule has 57 heavy (non-hydrogen) atoms. The molecule has 1 spiro atoms. The molecule has 0 fully saturated rings. The molecule has 0 saturated carbocycles. The lowest BCUT2D eigenvalue weighted by Gasteiger charge is -2.30. The number of hydrogen-bond donors (Lipinski definition) is 0. The van der Waals surface area contributed by atoms with Crippen LogP contribution in [0.2, 0.25) is 0 Å². The molecule has 0 N–H and O–H groups in total. The van der Waals surface area contributed by atoms with Crippen LogP contribution < -0.4 is 0 Å². The van der Waals surface area contributed by atoms with Gasteiger partial charge in [-0.15, -0.1) is 0 Å². The average molecular weight is 722 g/mol. The lowest BCUT2D eigenvalue weighted by atomic mass is 9.70. The molecule has 2 aromatic heterocycles. The summed E-state index contributed by atoms with van der Waals surface area (Å²) in [5.74, 6) is 0. The largest absolute Gasteiger partial charge is 0.455 e. The summed E-state index contributed by atoms with van der Waals surface area (Å²) in [5, 5.41) is 9.96. The van der Waals surface area contributed by atoms with Crippen LogP contribution in [0.5, 0.6) is 0 Å². The quantitative estimate of drug-likeness (QED) is 0.163. The number of para-hydroxylation sites is 1. The molecule has 0 unspecified atom stereocenters. The monoisotopic (exact) mass is 721 g/mol. The van der Waals surface area contributed by atoms with Crippen molar-refractivity contribution in [2.24, 2.45) is 0 Å². The van der Waals surface area contributed by atoms with Crippen molar-refractivity contribution in [3.63, 3.8) is 0 Å². The Kier molecular flexibility index (Phi) is 5.48. The molecular weight excluding hydrogens is 691 g/mol. The molecule has 0 saturated heterocycles. The van der Waals surface area contributed by atoms with Crippen molar-refractivity contribution in [3.8, 4) is 39.1 Å². The number of aromatic nitrogens is 1. The Morgan fingerprint density at radius 3 is 1.68 bits per heavy atom. The van der Waals surface area contributed by atoms with Crippen LogP contribution in [0.3, 0.4) is 0 Å². The number of hydrogen-bond acceptors (Lipinski definition) is 1. The summed E-state index contributed by atoms with van der Waals surface area (Å²) >= 11 is 0. The standard InChI is InChI=1S/C55H31NO/c1-2-13-36-35(12-1)40-18-11-23-49-51(40)52-41(36)29-28-34(54(52)57-49)32-24-26-33(27-25-32)56-48-22-10-6-16-39(48)42-30-31-47-50(53(42)56)43-17-5-9-21-46(43)55(47)44-19-7-3-14-37(44)38-15-4-8-20-45(38)55/h1-31H. The highest BCUT2D eigenvalue weighted by Crippen LogP contribution is 2.64. The fraction of sp³-hybridized carbons (Fsp3) is 0.0182. The van der Waals surface area contributed by atoms with E-state index in [1.54, 1.807) is 0 Å². The van der Waals surface area contributed by atoms with Crippen molar-refractivity contribution >= 4 is 65.3 Å². The number of rotatable bonds is 2. The fourth-order valence-electron chi connectivity index (χ4n) is 11.2. The minimum atomic E-state index is -0.397. The molecule has 2 heterocycles. The van der Waals surface area contributed by atoms with E-state index in [2.05, 4.69) is 193 Å². The number of furan rings is 1. The van der Waals surface area contributed by atoms with E-state index < -0.39 is 5.41 Å². The summed E-state index contributed by atoms with van der Waals surface area (Å²) in [6.07, 6.45) is 0. The van der Waals surface area contributed by atoms with Gasteiger partial charge in [-0.05, 0) is 96.4 Å². The first-order valence-corrected chi connectivity index (χ1v) is 19.9. The van der Waals surface area contributed by atoms with Crippen molar-refractivity contribution in [1.29, 1.82) is 0 Å². The molecule has 2 aliphatic carbocycles. The van der Waals surface area contributed by atoms with Gasteiger partial charge in [0.05, 0.1) is 16.4 Å². The van der Waals surface area contributed by atoms with Crippen LogP contribution in [-0.2, 0) is 5.41 Å². The van der Waals surface area contributed by atoms with Gasteiger partial charge in [0, 0.05) is 38.4 Å². The maximum absolute atomic E-state index is 6.76. The van der Waals surface area contributed by atoms with E-state index in [0.717, 1.165) is 28.0 Å². The summed E-state index contributed by atoms with van der Waals surface area (Å²) in [4.78, 5) is 0. The van der Waals surface area contributed by atoms with Crippen LogP contribution in [0, 0.1) is 0 Å². The lowest BCUT2D eigenvalue weighted by molar-refractivity contribution is 0.670. The topological polar surface area (TPSA) is 18.1 Å². The van der Waals surface area contributed by atoms with Gasteiger partial charge in [0.15, 0.2) is 0 Å². The molecule has 0 radical (unpaired) electrons. The predicted octanol–water partition coefficient (Wildman–Crippen LogP) is 14.4. The van der Waals surface area contributed by atoms with Crippen LogP contribution >= 0.6 is 0 Å². The zero-order chi connectivity index (χ0) is 37.0. The van der Waals surface area contributed by atoms with Gasteiger partial charge < -0.3 is 8.98 Å². The van der Waals surface area contributed by atoms with Gasteiger partial charge in [-0.25, -0.2) is 0 Å². The summed E-state index contributed by atoms with van der Waals surface area (Å²) in [6, 6.07) is 69.8. The highest BCUT2D eigenvalue weighted by molar-refractivity contribution is 6.34. The van der Waals surface area contributed by atoms with E-state index in [-0.39, 0.29) is 0 Å². The van der Waals surface area contributed by atoms with Gasteiger partial charge >= 0.3 is 0 Å². The van der Waals surface area contributed by atoms with Gasteiger partial charge in [-0.1, -0.05) is 158 Å². The Hall–Kier alpha value is -7.42. The summed E-state index contributed by atoms with van der Waals surface area (Å²) in [5.41, 5.74) is 18.0. The van der Waals surface area contributed by atoms with E-state index in [0.29, 0.717) is 0 Å². The maximum Gasteiger partial charge on any atom is 0.143 e. The zero-order valence-electron chi connectivity index (χ0n) is 30.8. The number of nitrogens with zero attached hydrogens (tertiary/aromatic N) is 1. The van der Waals surface area contributed by atoms with Gasteiger partial charge in [0.2, 0.25) is 0 Å². The molecule has 2 nitrogen and oxygen atoms in total. The third-order valence-corrected chi connectivity index (χ3v) is 13.4. The normalized spacial score (nSPS) is 13.8. The smallest absolute Gasteiger partial charge is 0.143 e. The SMILES string of the molecule is c1ccc2c(c1)-c1ccccc1C21c2ccccc2-c2c1ccc1c3ccccc3n(-c3ccc(-c4ccc5c6ccccc6c6cccc7oc4c5c76)cc3)c21. The Bertz CT molecular complexity index is 3640. The second kappa shape index (κ2) is 10.5. The minimum absolute atomic E-state index is 0.397. The third kappa shape index (κ3) is 3.50. The van der Waals surface area contributed by atoms with Crippen molar-refractivity contribution in [3.05, 3.63) is 210 Å². The second-order valence-electron chi connectivity index (χ2n) is 15.9. The van der Waals surface area contributed by atoms with E-state index >= 15 is 0 Å². The van der Waals surface area contributed by atoms with Crippen LogP contribution in [-0.4, -0.2) is 4.57 Å². The Balaban J connectivity index is 1.03. The molecule has 12 aromatic rings. The number of fused-ring (bicyclic) bond motifs is 17. The first-order chi connectivity index (χ1) is 28.3. The summed E-state index contributed by atoms with van der Waals surface area (Å²) in [6.45, 7) is 0. The van der Waals surface area contributed by atoms with E-state index in [1.807, 2.05) is 0 Å².